The zero-order valence-corrected chi connectivity index (χ0v) is 42.2. The van der Waals surface area contributed by atoms with Crippen molar-refractivity contribution in [2.75, 3.05) is 19.8 Å². The molecule has 0 heterocycles. The zero-order valence-electron chi connectivity index (χ0n) is 42.2. The quantitative estimate of drug-likeness (QED) is 0.0346. The van der Waals surface area contributed by atoms with Crippen LogP contribution in [-0.4, -0.2) is 37.9 Å². The van der Waals surface area contributed by atoms with Crippen LogP contribution in [0.1, 0.15) is 303 Å². The van der Waals surface area contributed by atoms with Crippen molar-refractivity contribution < 1.29 is 23.8 Å². The van der Waals surface area contributed by atoms with Gasteiger partial charge in [0, 0.05) is 19.4 Å². The molecule has 0 amide bonds. The van der Waals surface area contributed by atoms with Crippen LogP contribution in [0.4, 0.5) is 0 Å². The van der Waals surface area contributed by atoms with Crippen molar-refractivity contribution in [1.29, 1.82) is 0 Å². The van der Waals surface area contributed by atoms with E-state index >= 15 is 0 Å². The summed E-state index contributed by atoms with van der Waals surface area (Å²) in [7, 11) is 0. The maximum atomic E-state index is 12.8. The Kier molecular flexibility index (Phi) is 52.3. The van der Waals surface area contributed by atoms with Gasteiger partial charge in [0.1, 0.15) is 6.61 Å². The lowest BCUT2D eigenvalue weighted by molar-refractivity contribution is -0.163. The van der Waals surface area contributed by atoms with Crippen LogP contribution in [-0.2, 0) is 23.8 Å². The molecule has 0 aliphatic rings. The molecule has 0 saturated carbocycles. The maximum Gasteiger partial charge on any atom is 0.306 e. The SMILES string of the molecule is CCCCC/C=C\C/C=C\CCCCCCCCCCCC(=O)OCC(COCCCCCCCCCCCCCCCCCCCC)OC(=O)CCCCCCCCCCC. The molecule has 5 heteroatoms. The van der Waals surface area contributed by atoms with Crippen LogP contribution in [0.3, 0.4) is 0 Å². The molecule has 0 radical (unpaired) electrons. The maximum absolute atomic E-state index is 12.8. The smallest absolute Gasteiger partial charge is 0.306 e. The van der Waals surface area contributed by atoms with Crippen LogP contribution in [0.2, 0.25) is 0 Å². The van der Waals surface area contributed by atoms with Gasteiger partial charge in [0.05, 0.1) is 6.61 Å². The molecule has 0 aromatic carbocycles. The van der Waals surface area contributed by atoms with Gasteiger partial charge in [-0.15, -0.1) is 0 Å². The second-order valence-electron chi connectivity index (χ2n) is 18.9. The van der Waals surface area contributed by atoms with Crippen LogP contribution in [0, 0.1) is 0 Å². The van der Waals surface area contributed by atoms with Gasteiger partial charge in [0.2, 0.25) is 0 Å². The van der Waals surface area contributed by atoms with Gasteiger partial charge < -0.3 is 14.2 Å². The average molecular weight is 873 g/mol. The molecule has 0 saturated heterocycles. The van der Waals surface area contributed by atoms with E-state index in [1.54, 1.807) is 0 Å². The van der Waals surface area contributed by atoms with Crippen molar-refractivity contribution in [3.63, 3.8) is 0 Å². The second kappa shape index (κ2) is 53.7. The van der Waals surface area contributed by atoms with E-state index in [-0.39, 0.29) is 18.5 Å². The summed E-state index contributed by atoms with van der Waals surface area (Å²) >= 11 is 0. The van der Waals surface area contributed by atoms with Gasteiger partial charge in [-0.25, -0.2) is 0 Å². The number of carbonyl (C=O) groups is 2. The first-order valence-corrected chi connectivity index (χ1v) is 27.9. The Hall–Kier alpha value is -1.62. The molecule has 0 bridgehead atoms. The summed E-state index contributed by atoms with van der Waals surface area (Å²) in [6.45, 7) is 7.85. The minimum absolute atomic E-state index is 0.0907. The van der Waals surface area contributed by atoms with Crippen LogP contribution in [0.5, 0.6) is 0 Å². The predicted octanol–water partition coefficient (Wildman–Crippen LogP) is 18.8. The number of hydrogen-bond acceptors (Lipinski definition) is 5. The Morgan fingerprint density at radius 2 is 0.677 bits per heavy atom. The zero-order chi connectivity index (χ0) is 44.9. The molecule has 0 aliphatic heterocycles. The summed E-state index contributed by atoms with van der Waals surface area (Å²) in [6.07, 6.45) is 63.4. The molecule has 62 heavy (non-hydrogen) atoms. The molecule has 5 nitrogen and oxygen atoms in total. The van der Waals surface area contributed by atoms with Crippen molar-refractivity contribution in [1.82, 2.24) is 0 Å². The van der Waals surface area contributed by atoms with E-state index in [1.807, 2.05) is 0 Å². The predicted molar refractivity (Wildman–Crippen MR) is 270 cm³/mol. The first-order valence-electron chi connectivity index (χ1n) is 27.9. The van der Waals surface area contributed by atoms with Gasteiger partial charge in [-0.1, -0.05) is 263 Å². The molecule has 1 atom stereocenters. The highest BCUT2D eigenvalue weighted by atomic mass is 16.6. The molecule has 0 spiro atoms. The van der Waals surface area contributed by atoms with Gasteiger partial charge in [-0.3, -0.25) is 9.59 Å². The minimum Gasteiger partial charge on any atom is -0.462 e. The summed E-state index contributed by atoms with van der Waals surface area (Å²) < 4.78 is 17.4. The van der Waals surface area contributed by atoms with Gasteiger partial charge in [0.25, 0.3) is 0 Å². The van der Waals surface area contributed by atoms with E-state index < -0.39 is 6.10 Å². The molecule has 0 aromatic rings. The Morgan fingerprint density at radius 3 is 1.10 bits per heavy atom. The fourth-order valence-corrected chi connectivity index (χ4v) is 8.31. The van der Waals surface area contributed by atoms with Crippen molar-refractivity contribution in [3.8, 4) is 0 Å². The molecule has 0 fully saturated rings. The number of ether oxygens (including phenoxy) is 3. The number of carbonyl (C=O) groups excluding carboxylic acids is 2. The molecule has 366 valence electrons. The lowest BCUT2D eigenvalue weighted by Crippen LogP contribution is -2.30. The Balaban J connectivity index is 4.11. The first kappa shape index (κ1) is 60.4. The Labute approximate surface area is 387 Å². The van der Waals surface area contributed by atoms with Crippen LogP contribution in [0.15, 0.2) is 24.3 Å². The van der Waals surface area contributed by atoms with E-state index in [1.165, 1.54) is 231 Å². The molecular weight excluding hydrogens is 765 g/mol. The minimum atomic E-state index is -0.529. The van der Waals surface area contributed by atoms with Gasteiger partial charge in [-0.05, 0) is 51.4 Å². The number of esters is 2. The summed E-state index contributed by atoms with van der Waals surface area (Å²) in [5.74, 6) is -0.385. The monoisotopic (exact) mass is 873 g/mol. The number of rotatable bonds is 52. The van der Waals surface area contributed by atoms with Crippen LogP contribution < -0.4 is 0 Å². The van der Waals surface area contributed by atoms with Crippen molar-refractivity contribution in [2.24, 2.45) is 0 Å². The van der Waals surface area contributed by atoms with Crippen molar-refractivity contribution in [2.45, 2.75) is 309 Å². The largest absolute Gasteiger partial charge is 0.462 e. The highest BCUT2D eigenvalue weighted by Gasteiger charge is 2.17. The van der Waals surface area contributed by atoms with Gasteiger partial charge in [0.15, 0.2) is 6.10 Å². The summed E-state index contributed by atoms with van der Waals surface area (Å²) in [5.41, 5.74) is 0. The number of allylic oxidation sites excluding steroid dienone is 4. The fraction of sp³-hybridized carbons (Fsp3) is 0.895. The number of unbranched alkanes of at least 4 members (excludes halogenated alkanes) is 37. The molecule has 0 N–H and O–H groups in total. The lowest BCUT2D eigenvalue weighted by atomic mass is 10.0. The summed E-state index contributed by atoms with van der Waals surface area (Å²) in [4.78, 5) is 25.4. The van der Waals surface area contributed by atoms with Gasteiger partial charge in [-0.2, -0.15) is 0 Å². The van der Waals surface area contributed by atoms with E-state index in [2.05, 4.69) is 45.1 Å². The van der Waals surface area contributed by atoms with E-state index in [9.17, 15) is 9.59 Å². The standard InChI is InChI=1S/C57H108O5/c1-4-7-10-13-16-19-21-23-25-27-29-30-32-34-36-39-41-44-47-50-56(58)61-54-55(62-57(59)51-48-45-42-38-18-15-12-9-6-3)53-60-52-49-46-43-40-37-35-33-31-28-26-24-22-20-17-14-11-8-5-2/h16,19,23,25,55H,4-15,17-18,20-22,24,26-54H2,1-3H3/b19-16-,25-23-. The molecule has 1 unspecified atom stereocenters. The third kappa shape index (κ3) is 51.0. The first-order chi connectivity index (χ1) is 30.6. The van der Waals surface area contributed by atoms with E-state index in [4.69, 9.17) is 14.2 Å². The molecule has 0 aliphatic carbocycles. The molecular formula is C57H108O5. The fourth-order valence-electron chi connectivity index (χ4n) is 8.31. The lowest BCUT2D eigenvalue weighted by Gasteiger charge is -2.18. The summed E-state index contributed by atoms with van der Waals surface area (Å²) in [6, 6.07) is 0. The molecule has 0 rings (SSSR count). The summed E-state index contributed by atoms with van der Waals surface area (Å²) in [5, 5.41) is 0. The van der Waals surface area contributed by atoms with Crippen molar-refractivity contribution >= 4 is 11.9 Å². The Morgan fingerprint density at radius 1 is 0.355 bits per heavy atom. The highest BCUT2D eigenvalue weighted by molar-refractivity contribution is 5.70. The number of hydrogen-bond donors (Lipinski definition) is 0. The van der Waals surface area contributed by atoms with Crippen LogP contribution in [0.25, 0.3) is 0 Å². The third-order valence-corrected chi connectivity index (χ3v) is 12.5. The third-order valence-electron chi connectivity index (χ3n) is 12.5. The normalized spacial score (nSPS) is 12.2. The van der Waals surface area contributed by atoms with E-state index in [0.717, 1.165) is 38.5 Å². The Bertz CT molecular complexity index is 943. The van der Waals surface area contributed by atoms with Crippen LogP contribution >= 0.6 is 0 Å². The van der Waals surface area contributed by atoms with Crippen molar-refractivity contribution in [3.05, 3.63) is 24.3 Å². The van der Waals surface area contributed by atoms with Gasteiger partial charge >= 0.3 is 11.9 Å². The molecule has 0 aromatic heterocycles. The topological polar surface area (TPSA) is 61.8 Å². The average Bonchev–Trinajstić information content (AvgIpc) is 3.27. The second-order valence-corrected chi connectivity index (χ2v) is 18.9. The highest BCUT2D eigenvalue weighted by Crippen LogP contribution is 2.16. The van der Waals surface area contributed by atoms with E-state index in [0.29, 0.717) is 26.1 Å².